The highest BCUT2D eigenvalue weighted by atomic mass is 32.2. The number of alkyl halides is 3. The van der Waals surface area contributed by atoms with Crippen LogP contribution in [-0.4, -0.2) is 29.7 Å². The van der Waals surface area contributed by atoms with Gasteiger partial charge in [-0.1, -0.05) is 30.3 Å². The van der Waals surface area contributed by atoms with Crippen LogP contribution in [0.1, 0.15) is 5.69 Å². The zero-order valence-electron chi connectivity index (χ0n) is 15.0. The maximum atomic E-state index is 13.4. The summed E-state index contributed by atoms with van der Waals surface area (Å²) in [6, 6.07) is 13.4. The Labute approximate surface area is 167 Å². The minimum atomic E-state index is -4.60. The van der Waals surface area contributed by atoms with Crippen molar-refractivity contribution in [3.8, 4) is 22.8 Å². The van der Waals surface area contributed by atoms with E-state index in [0.29, 0.717) is 16.5 Å². The molecule has 0 atom stereocenters. The van der Waals surface area contributed by atoms with Crippen molar-refractivity contribution < 1.29 is 13.2 Å². The topological polar surface area (TPSA) is 69.4 Å². The average molecular weight is 414 g/mol. The summed E-state index contributed by atoms with van der Waals surface area (Å²) in [5.74, 6) is 0.572. The average Bonchev–Trinajstić information content (AvgIpc) is 3.08. The summed E-state index contributed by atoms with van der Waals surface area (Å²) >= 11 is 0.991. The van der Waals surface area contributed by atoms with E-state index in [1.54, 1.807) is 23.7 Å². The van der Waals surface area contributed by atoms with E-state index in [4.69, 9.17) is 0 Å². The van der Waals surface area contributed by atoms with Gasteiger partial charge >= 0.3 is 6.18 Å². The molecule has 0 aliphatic heterocycles. The summed E-state index contributed by atoms with van der Waals surface area (Å²) in [6.45, 7) is 0. The van der Waals surface area contributed by atoms with Gasteiger partial charge in [-0.3, -0.25) is 4.98 Å². The second-order valence-corrected chi connectivity index (χ2v) is 6.97. The number of halogens is 3. The quantitative estimate of drug-likeness (QED) is 0.458. The number of aromatic nitrogens is 6. The van der Waals surface area contributed by atoms with Crippen molar-refractivity contribution in [2.24, 2.45) is 7.05 Å². The van der Waals surface area contributed by atoms with Gasteiger partial charge in [-0.15, -0.1) is 10.2 Å². The van der Waals surface area contributed by atoms with E-state index in [9.17, 15) is 13.2 Å². The number of hydrogen-bond donors (Lipinski definition) is 0. The number of benzene rings is 1. The molecule has 29 heavy (non-hydrogen) atoms. The molecule has 1 aromatic carbocycles. The standard InChI is InChI=1S/C19H13F3N6S/c1-28-17(13-5-3-2-4-6-13)26-27-18(28)29-15-11-14(19(20,21)22)24-16(25-15)12-7-9-23-10-8-12/h2-11H,1H3. The summed E-state index contributed by atoms with van der Waals surface area (Å²) in [5.41, 5.74) is 0.272. The summed E-state index contributed by atoms with van der Waals surface area (Å²) < 4.78 is 41.8. The summed E-state index contributed by atoms with van der Waals surface area (Å²) in [5, 5.41) is 8.79. The molecule has 0 aliphatic carbocycles. The molecule has 0 radical (unpaired) electrons. The molecule has 146 valence electrons. The molecule has 0 fully saturated rings. The fraction of sp³-hybridized carbons (Fsp3) is 0.105. The van der Waals surface area contributed by atoms with E-state index in [2.05, 4.69) is 25.1 Å². The maximum absolute atomic E-state index is 13.4. The van der Waals surface area contributed by atoms with Crippen LogP contribution in [-0.2, 0) is 13.2 Å². The Hall–Kier alpha value is -3.27. The molecule has 0 bridgehead atoms. The van der Waals surface area contributed by atoms with E-state index in [-0.39, 0.29) is 10.9 Å². The number of hydrogen-bond acceptors (Lipinski definition) is 6. The Kier molecular flexibility index (Phi) is 5.01. The first-order valence-electron chi connectivity index (χ1n) is 8.41. The predicted molar refractivity (Wildman–Crippen MR) is 101 cm³/mol. The highest BCUT2D eigenvalue weighted by molar-refractivity contribution is 7.99. The van der Waals surface area contributed by atoms with Gasteiger partial charge < -0.3 is 4.57 Å². The van der Waals surface area contributed by atoms with Crippen molar-refractivity contribution in [2.45, 2.75) is 16.4 Å². The minimum Gasteiger partial charge on any atom is -0.305 e. The molecule has 3 aromatic heterocycles. The molecule has 0 unspecified atom stereocenters. The summed E-state index contributed by atoms with van der Waals surface area (Å²) in [4.78, 5) is 11.8. The normalized spacial score (nSPS) is 11.6. The highest BCUT2D eigenvalue weighted by Crippen LogP contribution is 2.34. The van der Waals surface area contributed by atoms with Gasteiger partial charge in [0.1, 0.15) is 10.7 Å². The highest BCUT2D eigenvalue weighted by Gasteiger charge is 2.34. The largest absolute Gasteiger partial charge is 0.433 e. The van der Waals surface area contributed by atoms with E-state index in [0.717, 1.165) is 23.4 Å². The Morgan fingerprint density at radius 3 is 2.31 bits per heavy atom. The second-order valence-electron chi connectivity index (χ2n) is 5.98. The third kappa shape index (κ3) is 4.11. The van der Waals surface area contributed by atoms with Gasteiger partial charge in [0.05, 0.1) is 0 Å². The maximum Gasteiger partial charge on any atom is 0.433 e. The van der Waals surface area contributed by atoms with Gasteiger partial charge in [0.25, 0.3) is 0 Å². The Morgan fingerprint density at radius 2 is 1.62 bits per heavy atom. The van der Waals surface area contributed by atoms with Gasteiger partial charge in [0, 0.05) is 36.6 Å². The number of nitrogens with zero attached hydrogens (tertiary/aromatic N) is 6. The minimum absolute atomic E-state index is 0.0322. The fourth-order valence-electron chi connectivity index (χ4n) is 2.59. The molecule has 0 N–H and O–H groups in total. The third-order valence-electron chi connectivity index (χ3n) is 3.99. The lowest BCUT2D eigenvalue weighted by atomic mass is 10.2. The van der Waals surface area contributed by atoms with Crippen LogP contribution in [0, 0.1) is 0 Å². The van der Waals surface area contributed by atoms with Crippen LogP contribution in [0.2, 0.25) is 0 Å². The molecule has 0 spiro atoms. The van der Waals surface area contributed by atoms with Crippen LogP contribution >= 0.6 is 11.8 Å². The Morgan fingerprint density at radius 1 is 0.897 bits per heavy atom. The van der Waals surface area contributed by atoms with E-state index in [1.165, 1.54) is 12.4 Å². The monoisotopic (exact) mass is 414 g/mol. The predicted octanol–water partition coefficient (Wildman–Crippen LogP) is 4.50. The van der Waals surface area contributed by atoms with Crippen molar-refractivity contribution in [1.29, 1.82) is 0 Å². The van der Waals surface area contributed by atoms with Crippen molar-refractivity contribution in [3.05, 3.63) is 66.6 Å². The van der Waals surface area contributed by atoms with Gasteiger partial charge in [0.2, 0.25) is 0 Å². The lowest BCUT2D eigenvalue weighted by Crippen LogP contribution is -2.10. The van der Waals surface area contributed by atoms with E-state index < -0.39 is 11.9 Å². The molecule has 0 saturated heterocycles. The SMILES string of the molecule is Cn1c(Sc2cc(C(F)(F)F)nc(-c3ccncc3)n2)nnc1-c1ccccc1. The Bertz CT molecular complexity index is 1130. The van der Waals surface area contributed by atoms with Crippen molar-refractivity contribution in [1.82, 2.24) is 29.7 Å². The molecule has 10 heteroatoms. The molecular weight excluding hydrogens is 401 g/mol. The van der Waals surface area contributed by atoms with Crippen LogP contribution in [0.3, 0.4) is 0 Å². The zero-order chi connectivity index (χ0) is 20.4. The fourth-order valence-corrected chi connectivity index (χ4v) is 3.38. The van der Waals surface area contributed by atoms with Crippen LogP contribution in [0.15, 0.2) is 71.1 Å². The third-order valence-corrected chi connectivity index (χ3v) is 4.95. The molecule has 4 rings (SSSR count). The van der Waals surface area contributed by atoms with Crippen molar-refractivity contribution >= 4 is 11.8 Å². The first-order chi connectivity index (χ1) is 13.9. The molecule has 6 nitrogen and oxygen atoms in total. The summed E-state index contributed by atoms with van der Waals surface area (Å²) in [7, 11) is 1.75. The van der Waals surface area contributed by atoms with E-state index in [1.807, 2.05) is 30.3 Å². The van der Waals surface area contributed by atoms with Crippen LogP contribution in [0.5, 0.6) is 0 Å². The lowest BCUT2D eigenvalue weighted by Gasteiger charge is -2.10. The lowest BCUT2D eigenvalue weighted by molar-refractivity contribution is -0.141. The van der Waals surface area contributed by atoms with Gasteiger partial charge in [-0.25, -0.2) is 9.97 Å². The second kappa shape index (κ2) is 7.63. The molecule has 4 aromatic rings. The van der Waals surface area contributed by atoms with Crippen molar-refractivity contribution in [3.63, 3.8) is 0 Å². The Balaban J connectivity index is 1.73. The number of rotatable bonds is 4. The summed E-state index contributed by atoms with van der Waals surface area (Å²) in [6.07, 6.45) is -1.66. The van der Waals surface area contributed by atoms with Crippen LogP contribution < -0.4 is 0 Å². The molecule has 0 aliphatic rings. The first-order valence-corrected chi connectivity index (χ1v) is 9.23. The zero-order valence-corrected chi connectivity index (χ0v) is 15.8. The molecule has 0 amide bonds. The molecule has 0 saturated carbocycles. The van der Waals surface area contributed by atoms with Gasteiger partial charge in [-0.05, 0) is 23.9 Å². The van der Waals surface area contributed by atoms with E-state index >= 15 is 0 Å². The van der Waals surface area contributed by atoms with Crippen LogP contribution in [0.25, 0.3) is 22.8 Å². The smallest absolute Gasteiger partial charge is 0.305 e. The molecular formula is C19H13F3N6S. The van der Waals surface area contributed by atoms with Gasteiger partial charge in [0.15, 0.2) is 16.8 Å². The molecule has 3 heterocycles. The van der Waals surface area contributed by atoms with Crippen LogP contribution in [0.4, 0.5) is 13.2 Å². The van der Waals surface area contributed by atoms with Gasteiger partial charge in [-0.2, -0.15) is 13.2 Å². The number of pyridine rings is 1. The first kappa shape index (κ1) is 19.1. The van der Waals surface area contributed by atoms with Crippen molar-refractivity contribution in [2.75, 3.05) is 0 Å².